The smallest absolute Gasteiger partial charge is 0.261 e. The standard InChI is InChI=1S/C13H9FN2O3S/c14-12-7-9(8-15)1-6-13(12)16-20(18,19)11-4-2-10(17)3-5-11/h1-7,16-17H. The number of phenols is 1. The molecular weight excluding hydrogens is 283 g/mol. The summed E-state index contributed by atoms with van der Waals surface area (Å²) in [5.41, 5.74) is -0.160. The number of hydrogen-bond donors (Lipinski definition) is 2. The molecule has 2 aromatic rings. The van der Waals surface area contributed by atoms with Gasteiger partial charge in [-0.1, -0.05) is 0 Å². The predicted octanol–water partition coefficient (Wildman–Crippen LogP) is 2.20. The molecule has 0 unspecified atom stereocenters. The summed E-state index contributed by atoms with van der Waals surface area (Å²) < 4.78 is 39.7. The lowest BCUT2D eigenvalue weighted by atomic mass is 10.2. The molecule has 0 heterocycles. The van der Waals surface area contributed by atoms with Gasteiger partial charge in [-0.05, 0) is 42.5 Å². The Labute approximate surface area is 115 Å². The first-order chi connectivity index (χ1) is 9.42. The Balaban J connectivity index is 2.34. The summed E-state index contributed by atoms with van der Waals surface area (Å²) in [6.07, 6.45) is 0. The third-order valence-corrected chi connectivity index (χ3v) is 3.87. The number of nitriles is 1. The lowest BCUT2D eigenvalue weighted by Gasteiger charge is -2.09. The molecule has 2 N–H and O–H groups in total. The number of phenolic OH excluding ortho intramolecular Hbond substituents is 1. The third kappa shape index (κ3) is 2.87. The molecular formula is C13H9FN2O3S. The van der Waals surface area contributed by atoms with Crippen molar-refractivity contribution in [3.05, 3.63) is 53.8 Å². The number of hydrogen-bond acceptors (Lipinski definition) is 4. The largest absolute Gasteiger partial charge is 0.508 e. The summed E-state index contributed by atoms with van der Waals surface area (Å²) in [7, 11) is -3.96. The minimum atomic E-state index is -3.96. The predicted molar refractivity (Wildman–Crippen MR) is 70.0 cm³/mol. The molecule has 2 rings (SSSR count). The Kier molecular flexibility index (Phi) is 3.59. The van der Waals surface area contributed by atoms with Gasteiger partial charge in [0.1, 0.15) is 11.6 Å². The summed E-state index contributed by atoms with van der Waals surface area (Å²) in [5.74, 6) is -0.917. The Hall–Kier alpha value is -2.59. The summed E-state index contributed by atoms with van der Waals surface area (Å²) in [6, 6.07) is 9.98. The van der Waals surface area contributed by atoms with E-state index in [-0.39, 0.29) is 21.9 Å². The molecule has 0 radical (unpaired) electrons. The van der Waals surface area contributed by atoms with Gasteiger partial charge in [0.25, 0.3) is 10.0 Å². The van der Waals surface area contributed by atoms with Crippen molar-refractivity contribution in [2.24, 2.45) is 0 Å². The van der Waals surface area contributed by atoms with Crippen LogP contribution in [0.15, 0.2) is 47.4 Å². The summed E-state index contributed by atoms with van der Waals surface area (Å²) in [5, 5.41) is 17.7. The molecule has 0 spiro atoms. The first-order valence-electron chi connectivity index (χ1n) is 5.44. The Morgan fingerprint density at radius 3 is 2.35 bits per heavy atom. The highest BCUT2D eigenvalue weighted by Gasteiger charge is 2.16. The van der Waals surface area contributed by atoms with E-state index in [0.29, 0.717) is 0 Å². The number of anilines is 1. The molecule has 0 saturated carbocycles. The molecule has 0 bridgehead atoms. The lowest BCUT2D eigenvalue weighted by molar-refractivity contribution is 0.475. The second-order valence-corrected chi connectivity index (χ2v) is 5.59. The van der Waals surface area contributed by atoms with Gasteiger partial charge in [0, 0.05) is 0 Å². The van der Waals surface area contributed by atoms with Crippen molar-refractivity contribution in [3.8, 4) is 11.8 Å². The average molecular weight is 292 g/mol. The van der Waals surface area contributed by atoms with E-state index in [4.69, 9.17) is 10.4 Å². The van der Waals surface area contributed by atoms with Crippen molar-refractivity contribution in [1.82, 2.24) is 0 Å². The zero-order valence-corrected chi connectivity index (χ0v) is 10.9. The molecule has 0 aromatic heterocycles. The SMILES string of the molecule is N#Cc1ccc(NS(=O)(=O)c2ccc(O)cc2)c(F)c1. The van der Waals surface area contributed by atoms with E-state index in [1.165, 1.54) is 36.4 Å². The maximum absolute atomic E-state index is 13.6. The Bertz CT molecular complexity index is 780. The van der Waals surface area contributed by atoms with Crippen LogP contribution in [0.4, 0.5) is 10.1 Å². The molecule has 0 aliphatic heterocycles. The van der Waals surface area contributed by atoms with Crippen LogP contribution in [0.2, 0.25) is 0 Å². The van der Waals surface area contributed by atoms with Crippen molar-refractivity contribution < 1.29 is 17.9 Å². The van der Waals surface area contributed by atoms with Crippen LogP contribution in [0.3, 0.4) is 0 Å². The van der Waals surface area contributed by atoms with E-state index in [0.717, 1.165) is 6.07 Å². The zero-order chi connectivity index (χ0) is 14.8. The van der Waals surface area contributed by atoms with Crippen LogP contribution in [0, 0.1) is 17.1 Å². The van der Waals surface area contributed by atoms with Crippen LogP contribution < -0.4 is 4.72 Å². The van der Waals surface area contributed by atoms with Crippen LogP contribution in [-0.2, 0) is 10.0 Å². The minimum Gasteiger partial charge on any atom is -0.508 e. The van der Waals surface area contributed by atoms with Gasteiger partial charge >= 0.3 is 0 Å². The lowest BCUT2D eigenvalue weighted by Crippen LogP contribution is -2.13. The van der Waals surface area contributed by atoms with Crippen molar-refractivity contribution >= 4 is 15.7 Å². The molecule has 0 atom stereocenters. The van der Waals surface area contributed by atoms with Crippen LogP contribution >= 0.6 is 0 Å². The minimum absolute atomic E-state index is 0.0755. The van der Waals surface area contributed by atoms with Gasteiger partial charge in [0.2, 0.25) is 0 Å². The first-order valence-corrected chi connectivity index (χ1v) is 6.92. The summed E-state index contributed by atoms with van der Waals surface area (Å²) >= 11 is 0. The quantitative estimate of drug-likeness (QED) is 0.907. The number of nitrogens with zero attached hydrogens (tertiary/aromatic N) is 1. The Morgan fingerprint density at radius 1 is 1.15 bits per heavy atom. The molecule has 0 fully saturated rings. The van der Waals surface area contributed by atoms with Crippen LogP contribution in [0.5, 0.6) is 5.75 Å². The van der Waals surface area contributed by atoms with Gasteiger partial charge in [-0.25, -0.2) is 12.8 Å². The molecule has 0 amide bonds. The van der Waals surface area contributed by atoms with E-state index < -0.39 is 15.8 Å². The van der Waals surface area contributed by atoms with E-state index in [2.05, 4.69) is 4.72 Å². The highest BCUT2D eigenvalue weighted by atomic mass is 32.2. The van der Waals surface area contributed by atoms with E-state index in [1.54, 1.807) is 6.07 Å². The van der Waals surface area contributed by atoms with Gasteiger partial charge in [-0.15, -0.1) is 0 Å². The second kappa shape index (κ2) is 5.19. The average Bonchev–Trinajstić information content (AvgIpc) is 2.41. The summed E-state index contributed by atoms with van der Waals surface area (Å²) in [6.45, 7) is 0. The van der Waals surface area contributed by atoms with Crippen LogP contribution in [-0.4, -0.2) is 13.5 Å². The van der Waals surface area contributed by atoms with E-state index in [9.17, 15) is 12.8 Å². The molecule has 0 aliphatic carbocycles. The van der Waals surface area contributed by atoms with Gasteiger partial charge in [0.15, 0.2) is 0 Å². The zero-order valence-electron chi connectivity index (χ0n) is 10.0. The van der Waals surface area contributed by atoms with Crippen LogP contribution in [0.25, 0.3) is 0 Å². The third-order valence-electron chi connectivity index (χ3n) is 2.49. The maximum atomic E-state index is 13.6. The fourth-order valence-corrected chi connectivity index (χ4v) is 2.56. The monoisotopic (exact) mass is 292 g/mol. The molecule has 102 valence electrons. The topological polar surface area (TPSA) is 90.2 Å². The number of sulfonamides is 1. The molecule has 0 saturated heterocycles. The van der Waals surface area contributed by atoms with Gasteiger partial charge in [0.05, 0.1) is 22.2 Å². The van der Waals surface area contributed by atoms with Crippen molar-refractivity contribution in [2.45, 2.75) is 4.90 Å². The summed E-state index contributed by atoms with van der Waals surface area (Å²) in [4.78, 5) is -0.112. The van der Waals surface area contributed by atoms with E-state index in [1.807, 2.05) is 0 Å². The number of nitrogens with one attached hydrogen (secondary N) is 1. The van der Waals surface area contributed by atoms with E-state index >= 15 is 0 Å². The number of rotatable bonds is 3. The highest BCUT2D eigenvalue weighted by molar-refractivity contribution is 7.92. The van der Waals surface area contributed by atoms with Gasteiger partial charge in [-0.2, -0.15) is 5.26 Å². The first kappa shape index (κ1) is 13.8. The molecule has 5 nitrogen and oxygen atoms in total. The van der Waals surface area contributed by atoms with Crippen molar-refractivity contribution in [3.63, 3.8) is 0 Å². The normalized spacial score (nSPS) is 10.8. The molecule has 20 heavy (non-hydrogen) atoms. The van der Waals surface area contributed by atoms with Crippen molar-refractivity contribution in [1.29, 1.82) is 5.26 Å². The number of aromatic hydroxyl groups is 1. The molecule has 2 aromatic carbocycles. The maximum Gasteiger partial charge on any atom is 0.261 e. The second-order valence-electron chi connectivity index (χ2n) is 3.91. The van der Waals surface area contributed by atoms with Gasteiger partial charge < -0.3 is 5.11 Å². The molecule has 7 heteroatoms. The fourth-order valence-electron chi connectivity index (χ4n) is 1.50. The number of halogens is 1. The van der Waals surface area contributed by atoms with Gasteiger partial charge in [-0.3, -0.25) is 4.72 Å². The van der Waals surface area contributed by atoms with Crippen molar-refractivity contribution in [2.75, 3.05) is 4.72 Å². The highest BCUT2D eigenvalue weighted by Crippen LogP contribution is 2.21. The molecule has 0 aliphatic rings. The van der Waals surface area contributed by atoms with Crippen LogP contribution in [0.1, 0.15) is 5.56 Å². The Morgan fingerprint density at radius 2 is 1.80 bits per heavy atom. The fraction of sp³-hybridized carbons (Fsp3) is 0. The number of benzene rings is 2.